The third-order valence-electron chi connectivity index (χ3n) is 4.26. The molecule has 0 aliphatic carbocycles. The zero-order chi connectivity index (χ0) is 18.8. The number of para-hydroxylation sites is 1. The fourth-order valence-corrected chi connectivity index (χ4v) is 2.94. The first-order valence-electron chi connectivity index (χ1n) is 8.36. The molecule has 7 nitrogen and oxygen atoms in total. The highest BCUT2D eigenvalue weighted by Crippen LogP contribution is 2.27. The molecule has 0 saturated carbocycles. The molecule has 27 heavy (non-hydrogen) atoms. The first kappa shape index (κ1) is 16.7. The molecule has 0 unspecified atom stereocenters. The van der Waals surface area contributed by atoms with Gasteiger partial charge in [-0.05, 0) is 29.7 Å². The number of carbonyl (C=O) groups is 1. The third kappa shape index (κ3) is 3.10. The molecule has 0 aliphatic rings. The Kier molecular flexibility index (Phi) is 4.25. The Balaban J connectivity index is 1.72. The van der Waals surface area contributed by atoms with E-state index in [2.05, 4.69) is 20.5 Å². The summed E-state index contributed by atoms with van der Waals surface area (Å²) in [5.74, 6) is 0.753. The monoisotopic (exact) mass is 359 g/mol. The van der Waals surface area contributed by atoms with Crippen molar-refractivity contribution < 1.29 is 9.53 Å². The zero-order valence-electron chi connectivity index (χ0n) is 14.9. The van der Waals surface area contributed by atoms with E-state index in [0.717, 1.165) is 16.3 Å². The van der Waals surface area contributed by atoms with Gasteiger partial charge in [-0.3, -0.25) is 4.79 Å². The summed E-state index contributed by atoms with van der Waals surface area (Å²) in [6, 6.07) is 16.8. The molecule has 0 spiro atoms. The number of amides is 1. The van der Waals surface area contributed by atoms with E-state index in [-0.39, 0.29) is 11.6 Å². The van der Waals surface area contributed by atoms with Crippen LogP contribution in [0.2, 0.25) is 0 Å². The number of hydrogen-bond donors (Lipinski definition) is 1. The molecule has 1 N–H and O–H groups in total. The van der Waals surface area contributed by atoms with Crippen LogP contribution in [0.4, 0.5) is 5.69 Å². The van der Waals surface area contributed by atoms with Crippen LogP contribution in [0.1, 0.15) is 10.5 Å². The lowest BCUT2D eigenvalue weighted by Gasteiger charge is -2.11. The molecule has 2 aromatic carbocycles. The number of hydrogen-bond acceptors (Lipinski definition) is 5. The van der Waals surface area contributed by atoms with Crippen molar-refractivity contribution >= 4 is 22.4 Å². The Hall–Kier alpha value is -3.74. The Bertz CT molecular complexity index is 1140. The molecule has 0 atom stereocenters. The molecule has 0 aliphatic heterocycles. The van der Waals surface area contributed by atoms with E-state index in [1.54, 1.807) is 24.1 Å². The fraction of sp³-hybridized carbons (Fsp3) is 0.100. The van der Waals surface area contributed by atoms with Crippen molar-refractivity contribution in [1.29, 1.82) is 0 Å². The maximum Gasteiger partial charge on any atom is 0.274 e. The predicted octanol–water partition coefficient (Wildman–Crippen LogP) is 3.29. The Morgan fingerprint density at radius 3 is 2.67 bits per heavy atom. The number of nitrogens with one attached hydrogen (secondary N) is 1. The molecule has 134 valence electrons. The molecule has 0 bridgehead atoms. The molecule has 4 rings (SSSR count). The lowest BCUT2D eigenvalue weighted by Crippen LogP contribution is -2.15. The molecule has 0 saturated heterocycles. The summed E-state index contributed by atoms with van der Waals surface area (Å²) >= 11 is 0. The summed E-state index contributed by atoms with van der Waals surface area (Å²) in [6.07, 6.45) is 1.61. The van der Waals surface area contributed by atoms with Crippen LogP contribution in [0.3, 0.4) is 0 Å². The number of fused-ring (bicyclic) bond motifs is 1. The van der Waals surface area contributed by atoms with Crippen molar-refractivity contribution in [2.45, 2.75) is 0 Å². The number of ether oxygens (including phenoxy) is 1. The van der Waals surface area contributed by atoms with Crippen LogP contribution in [0.25, 0.3) is 22.2 Å². The van der Waals surface area contributed by atoms with Crippen LogP contribution in [0.15, 0.2) is 60.9 Å². The number of anilines is 1. The highest BCUT2D eigenvalue weighted by molar-refractivity contribution is 6.07. The summed E-state index contributed by atoms with van der Waals surface area (Å²) in [5.41, 5.74) is 1.68. The third-order valence-corrected chi connectivity index (χ3v) is 4.26. The van der Waals surface area contributed by atoms with Crippen molar-refractivity contribution in [3.8, 4) is 17.3 Å². The van der Waals surface area contributed by atoms with E-state index in [1.807, 2.05) is 55.6 Å². The van der Waals surface area contributed by atoms with Gasteiger partial charge in [0.25, 0.3) is 5.91 Å². The number of rotatable bonds is 4. The maximum atomic E-state index is 12.9. The Labute approximate surface area is 155 Å². The van der Waals surface area contributed by atoms with E-state index >= 15 is 0 Å². The fourth-order valence-electron chi connectivity index (χ4n) is 2.94. The number of methoxy groups -OCH3 is 1. The summed E-state index contributed by atoms with van der Waals surface area (Å²) in [4.78, 5) is 17.2. The van der Waals surface area contributed by atoms with Gasteiger partial charge < -0.3 is 14.6 Å². The molecule has 1 amide bonds. The van der Waals surface area contributed by atoms with E-state index in [4.69, 9.17) is 4.74 Å². The number of aromatic nitrogens is 4. The average molecular weight is 359 g/mol. The lowest BCUT2D eigenvalue weighted by atomic mass is 10.1. The lowest BCUT2D eigenvalue weighted by molar-refractivity contribution is 0.102. The smallest absolute Gasteiger partial charge is 0.274 e. The molecule has 0 fully saturated rings. The second-order valence-electron chi connectivity index (χ2n) is 6.00. The maximum absolute atomic E-state index is 12.9. The van der Waals surface area contributed by atoms with Crippen LogP contribution in [0, 0.1) is 0 Å². The normalized spacial score (nSPS) is 10.7. The second-order valence-corrected chi connectivity index (χ2v) is 6.00. The molecule has 2 aromatic heterocycles. The minimum absolute atomic E-state index is 0.276. The Morgan fingerprint density at radius 1 is 1.11 bits per heavy atom. The van der Waals surface area contributed by atoms with E-state index in [9.17, 15) is 4.79 Å². The van der Waals surface area contributed by atoms with Crippen LogP contribution >= 0.6 is 0 Å². The standard InChI is InChI=1S/C20H17N5O2/c1-25-12-21-24-18(25)15-9-5-6-10-16(15)22-19(26)17-11-13-7-3-4-8-14(13)20(23-17)27-2/h3-12H,1-2H3,(H,22,26). The molecule has 0 radical (unpaired) electrons. The quantitative estimate of drug-likeness (QED) is 0.605. The number of benzene rings is 2. The average Bonchev–Trinajstić information content (AvgIpc) is 3.13. The highest BCUT2D eigenvalue weighted by atomic mass is 16.5. The molecule has 2 heterocycles. The minimum atomic E-state index is -0.325. The minimum Gasteiger partial charge on any atom is -0.481 e. The van der Waals surface area contributed by atoms with Gasteiger partial charge >= 0.3 is 0 Å². The van der Waals surface area contributed by atoms with Crippen molar-refractivity contribution in [3.05, 3.63) is 66.6 Å². The van der Waals surface area contributed by atoms with Gasteiger partial charge in [0.1, 0.15) is 12.0 Å². The van der Waals surface area contributed by atoms with E-state index in [1.165, 1.54) is 0 Å². The molecule has 7 heteroatoms. The highest BCUT2D eigenvalue weighted by Gasteiger charge is 2.16. The largest absolute Gasteiger partial charge is 0.481 e. The molecular weight excluding hydrogens is 342 g/mol. The van der Waals surface area contributed by atoms with Crippen molar-refractivity contribution in [2.75, 3.05) is 12.4 Å². The summed E-state index contributed by atoms with van der Waals surface area (Å²) in [7, 11) is 3.39. The van der Waals surface area contributed by atoms with Crippen LogP contribution in [-0.2, 0) is 7.05 Å². The summed E-state index contributed by atoms with van der Waals surface area (Å²) < 4.78 is 7.15. The topological polar surface area (TPSA) is 81.9 Å². The Morgan fingerprint density at radius 2 is 1.89 bits per heavy atom. The van der Waals surface area contributed by atoms with Gasteiger partial charge in [0.05, 0.1) is 12.8 Å². The van der Waals surface area contributed by atoms with Crippen LogP contribution < -0.4 is 10.1 Å². The number of nitrogens with zero attached hydrogens (tertiary/aromatic N) is 4. The van der Waals surface area contributed by atoms with Gasteiger partial charge in [0.2, 0.25) is 5.88 Å². The number of pyridine rings is 1. The van der Waals surface area contributed by atoms with Crippen LogP contribution in [-0.4, -0.2) is 32.8 Å². The van der Waals surface area contributed by atoms with Crippen LogP contribution in [0.5, 0.6) is 5.88 Å². The van der Waals surface area contributed by atoms with Gasteiger partial charge in [-0.1, -0.05) is 30.3 Å². The second kappa shape index (κ2) is 6.87. The summed E-state index contributed by atoms with van der Waals surface area (Å²) in [6.45, 7) is 0. The van der Waals surface area contributed by atoms with E-state index < -0.39 is 0 Å². The molecular formula is C20H17N5O2. The predicted molar refractivity (Wildman–Crippen MR) is 103 cm³/mol. The SMILES string of the molecule is COc1nc(C(=O)Nc2ccccc2-c2nncn2C)cc2ccccc12. The number of carbonyl (C=O) groups excluding carboxylic acids is 1. The van der Waals surface area contributed by atoms with Gasteiger partial charge in [0, 0.05) is 18.0 Å². The first-order chi connectivity index (χ1) is 13.2. The zero-order valence-corrected chi connectivity index (χ0v) is 14.9. The molecule has 4 aromatic rings. The van der Waals surface area contributed by atoms with Gasteiger partial charge in [-0.2, -0.15) is 0 Å². The van der Waals surface area contributed by atoms with Crippen molar-refractivity contribution in [1.82, 2.24) is 19.7 Å². The van der Waals surface area contributed by atoms with Crippen molar-refractivity contribution in [2.24, 2.45) is 7.05 Å². The van der Waals surface area contributed by atoms with Crippen molar-refractivity contribution in [3.63, 3.8) is 0 Å². The first-order valence-corrected chi connectivity index (χ1v) is 8.36. The van der Waals surface area contributed by atoms with Gasteiger partial charge in [-0.25, -0.2) is 4.98 Å². The number of aryl methyl sites for hydroxylation is 1. The van der Waals surface area contributed by atoms with E-state index in [0.29, 0.717) is 17.4 Å². The van der Waals surface area contributed by atoms with Gasteiger partial charge in [0.15, 0.2) is 5.82 Å². The summed E-state index contributed by atoms with van der Waals surface area (Å²) in [5, 5.41) is 12.7. The van der Waals surface area contributed by atoms with Gasteiger partial charge in [-0.15, -0.1) is 10.2 Å².